The zero-order valence-electron chi connectivity index (χ0n) is 23.2. The monoisotopic (exact) mass is 614 g/mol. The van der Waals surface area contributed by atoms with Gasteiger partial charge in [-0.3, -0.25) is 9.59 Å². The van der Waals surface area contributed by atoms with Crippen LogP contribution in [0.25, 0.3) is 16.5 Å². The second-order valence-corrected chi connectivity index (χ2v) is 12.7. The highest BCUT2D eigenvalue weighted by molar-refractivity contribution is 7.97. The minimum absolute atomic E-state index is 0.0101. The number of rotatable bonds is 7. The van der Waals surface area contributed by atoms with E-state index in [0.717, 1.165) is 28.4 Å². The summed E-state index contributed by atoms with van der Waals surface area (Å²) in [6.45, 7) is 7.62. The van der Waals surface area contributed by atoms with Gasteiger partial charge in [0.25, 0.3) is 0 Å². The second kappa shape index (κ2) is 12.1. The van der Waals surface area contributed by atoms with Gasteiger partial charge in [-0.2, -0.15) is 0 Å². The fourth-order valence-corrected chi connectivity index (χ4v) is 7.14. The maximum Gasteiger partial charge on any atom is 0.302 e. The maximum absolute atomic E-state index is 14.1. The Balaban J connectivity index is 1.25. The van der Waals surface area contributed by atoms with Crippen molar-refractivity contribution in [1.82, 2.24) is 28.1 Å². The van der Waals surface area contributed by atoms with Crippen LogP contribution in [-0.4, -0.2) is 90.8 Å². The molecule has 2 atom stereocenters. The Labute approximate surface area is 249 Å². The molecule has 222 valence electrons. The van der Waals surface area contributed by atoms with Crippen molar-refractivity contribution < 1.29 is 23.8 Å². The number of benzene rings is 1. The van der Waals surface area contributed by atoms with Gasteiger partial charge in [0.2, 0.25) is 17.4 Å². The number of fused-ring (bicyclic) bond motifs is 1. The lowest BCUT2D eigenvalue weighted by Crippen LogP contribution is -2.49. The van der Waals surface area contributed by atoms with E-state index in [-0.39, 0.29) is 41.9 Å². The van der Waals surface area contributed by atoms with Gasteiger partial charge >= 0.3 is 5.56 Å². The molecular formula is C28H31FN6O5S2. The first-order chi connectivity index (χ1) is 20.2. The first kappa shape index (κ1) is 28.8. The molecule has 0 saturated carbocycles. The van der Waals surface area contributed by atoms with Crippen molar-refractivity contribution in [3.63, 3.8) is 0 Å². The minimum Gasteiger partial charge on any atom is -0.501 e. The van der Waals surface area contributed by atoms with Gasteiger partial charge in [0.05, 0.1) is 25.4 Å². The lowest BCUT2D eigenvalue weighted by molar-refractivity contribution is -0.143. The van der Waals surface area contributed by atoms with E-state index in [1.54, 1.807) is 27.9 Å². The molecule has 1 N–H and O–H groups in total. The molecule has 11 nitrogen and oxygen atoms in total. The second-order valence-electron chi connectivity index (χ2n) is 10.5. The summed E-state index contributed by atoms with van der Waals surface area (Å²) in [4.78, 5) is 38.6. The Morgan fingerprint density at radius 1 is 1.19 bits per heavy atom. The van der Waals surface area contributed by atoms with E-state index in [2.05, 4.69) is 14.3 Å². The highest BCUT2D eigenvalue weighted by atomic mass is 32.2. The van der Waals surface area contributed by atoms with Crippen molar-refractivity contribution in [1.29, 1.82) is 0 Å². The number of morpholine rings is 2. The standard InChI is InChI=1S/C28H31FN6O5S2/c1-17-14-33(15-18(2)40-17)23(36)16-32-5-6-35-27(38)25(37)24(31-28(32)35)26-30-13-21(41-26)11-19-3-4-20(29)12-22(19)42-34-7-9-39-10-8-34/h3-6,12-13,17-18,37H,7-11,14-16H2,1-2H3/t17-,18?/m0/s1. The molecule has 0 spiro atoms. The van der Waals surface area contributed by atoms with Gasteiger partial charge in [-0.1, -0.05) is 6.07 Å². The van der Waals surface area contributed by atoms with Crippen molar-refractivity contribution in [2.45, 2.75) is 43.9 Å². The molecule has 2 fully saturated rings. The van der Waals surface area contributed by atoms with E-state index in [4.69, 9.17) is 9.47 Å². The number of aromatic hydroxyl groups is 1. The normalized spacial score (nSPS) is 19.9. The Morgan fingerprint density at radius 2 is 1.95 bits per heavy atom. The van der Waals surface area contributed by atoms with Gasteiger partial charge < -0.3 is 24.0 Å². The Hall–Kier alpha value is -3.30. The fraction of sp³-hybridized carbons (Fsp3) is 0.429. The molecular weight excluding hydrogens is 583 g/mol. The van der Waals surface area contributed by atoms with E-state index in [1.165, 1.54) is 46.0 Å². The van der Waals surface area contributed by atoms with Gasteiger partial charge in [0, 0.05) is 61.0 Å². The number of carbonyl (C=O) groups is 1. The Kier molecular flexibility index (Phi) is 8.32. The largest absolute Gasteiger partial charge is 0.501 e. The van der Waals surface area contributed by atoms with Gasteiger partial charge in [-0.05, 0) is 43.5 Å². The smallest absolute Gasteiger partial charge is 0.302 e. The number of amides is 1. The van der Waals surface area contributed by atoms with Gasteiger partial charge in [0.15, 0.2) is 5.69 Å². The SMILES string of the molecule is CC1CN(C(=O)Cn2ccn3c(=O)c(O)c(-c4ncc(Cc5ccc(F)cc5SN5CCOCC5)s4)nc23)C[C@H](C)O1. The van der Waals surface area contributed by atoms with Crippen LogP contribution in [0.4, 0.5) is 4.39 Å². The quantitative estimate of drug-likeness (QED) is 0.314. The summed E-state index contributed by atoms with van der Waals surface area (Å²) < 4.78 is 30.3. The van der Waals surface area contributed by atoms with Crippen LogP contribution in [-0.2, 0) is 27.2 Å². The molecule has 2 aliphatic heterocycles. The molecule has 0 radical (unpaired) electrons. The van der Waals surface area contributed by atoms with Crippen LogP contribution >= 0.6 is 23.3 Å². The molecule has 5 heterocycles. The molecule has 1 amide bonds. The topological polar surface area (TPSA) is 114 Å². The molecule has 4 aromatic rings. The van der Waals surface area contributed by atoms with Crippen LogP contribution in [0.3, 0.4) is 0 Å². The van der Waals surface area contributed by atoms with Crippen molar-refractivity contribution in [2.75, 3.05) is 39.4 Å². The zero-order chi connectivity index (χ0) is 29.4. The van der Waals surface area contributed by atoms with Crippen LogP contribution in [0.5, 0.6) is 5.75 Å². The van der Waals surface area contributed by atoms with Crippen molar-refractivity contribution in [3.05, 3.63) is 63.4 Å². The van der Waals surface area contributed by atoms with E-state index in [9.17, 15) is 19.1 Å². The number of nitrogens with zero attached hydrogens (tertiary/aromatic N) is 6. The summed E-state index contributed by atoms with van der Waals surface area (Å²) in [6.07, 6.45) is 5.14. The molecule has 14 heteroatoms. The number of halogens is 1. The predicted octanol–water partition coefficient (Wildman–Crippen LogP) is 3.03. The van der Waals surface area contributed by atoms with Crippen LogP contribution in [0.2, 0.25) is 0 Å². The summed E-state index contributed by atoms with van der Waals surface area (Å²) in [5.41, 5.74) is 0.350. The predicted molar refractivity (Wildman–Crippen MR) is 156 cm³/mol. The van der Waals surface area contributed by atoms with Gasteiger partial charge in [-0.15, -0.1) is 11.3 Å². The number of aromatic nitrogens is 4. The molecule has 2 saturated heterocycles. The van der Waals surface area contributed by atoms with E-state index >= 15 is 0 Å². The average Bonchev–Trinajstić information content (AvgIpc) is 3.59. The molecule has 2 aliphatic rings. The van der Waals surface area contributed by atoms with Crippen LogP contribution in [0.15, 0.2) is 46.5 Å². The Morgan fingerprint density at radius 3 is 2.71 bits per heavy atom. The molecule has 42 heavy (non-hydrogen) atoms. The maximum atomic E-state index is 14.1. The first-order valence-electron chi connectivity index (χ1n) is 13.7. The van der Waals surface area contributed by atoms with Crippen molar-refractivity contribution >= 4 is 35.0 Å². The number of carbonyl (C=O) groups excluding carboxylic acids is 1. The van der Waals surface area contributed by atoms with Gasteiger partial charge in [0.1, 0.15) is 17.4 Å². The number of ether oxygens (including phenoxy) is 2. The van der Waals surface area contributed by atoms with E-state index in [0.29, 0.717) is 37.7 Å². The average molecular weight is 615 g/mol. The lowest BCUT2D eigenvalue weighted by Gasteiger charge is -2.35. The summed E-state index contributed by atoms with van der Waals surface area (Å²) in [5.74, 6) is -0.698. The zero-order valence-corrected chi connectivity index (χ0v) is 24.9. The molecule has 6 rings (SSSR count). The summed E-state index contributed by atoms with van der Waals surface area (Å²) in [6, 6.07) is 4.75. The van der Waals surface area contributed by atoms with Gasteiger partial charge in [-0.25, -0.2) is 23.1 Å². The van der Waals surface area contributed by atoms with Crippen LogP contribution < -0.4 is 5.56 Å². The summed E-state index contributed by atoms with van der Waals surface area (Å²) in [7, 11) is 0. The highest BCUT2D eigenvalue weighted by Gasteiger charge is 2.27. The third kappa shape index (κ3) is 6.08. The fourth-order valence-electron chi connectivity index (χ4n) is 5.19. The summed E-state index contributed by atoms with van der Waals surface area (Å²) in [5, 5.41) is 11.1. The molecule has 1 aromatic carbocycles. The molecule has 0 aliphatic carbocycles. The van der Waals surface area contributed by atoms with Crippen molar-refractivity contribution in [2.24, 2.45) is 0 Å². The minimum atomic E-state index is -0.644. The summed E-state index contributed by atoms with van der Waals surface area (Å²) >= 11 is 2.81. The van der Waals surface area contributed by atoms with E-state index in [1.807, 2.05) is 13.8 Å². The molecule has 3 aromatic heterocycles. The number of hydrogen-bond acceptors (Lipinski definition) is 10. The van der Waals surface area contributed by atoms with Crippen molar-refractivity contribution in [3.8, 4) is 16.5 Å². The molecule has 0 bridgehead atoms. The number of hydrogen-bond donors (Lipinski definition) is 1. The van der Waals surface area contributed by atoms with Crippen LogP contribution in [0, 0.1) is 5.82 Å². The first-order valence-corrected chi connectivity index (χ1v) is 15.3. The number of thiazole rings is 1. The third-order valence-electron chi connectivity index (χ3n) is 7.15. The highest BCUT2D eigenvalue weighted by Crippen LogP contribution is 2.33. The molecule has 1 unspecified atom stereocenters. The Bertz CT molecular complexity index is 1660. The van der Waals surface area contributed by atoms with Crippen LogP contribution in [0.1, 0.15) is 24.3 Å². The number of imidazole rings is 1. The third-order valence-corrected chi connectivity index (χ3v) is 9.36. The lowest BCUT2D eigenvalue weighted by atomic mass is 10.1. The van der Waals surface area contributed by atoms with E-state index < -0.39 is 11.3 Å².